The van der Waals surface area contributed by atoms with E-state index < -0.39 is 11.8 Å². The van der Waals surface area contributed by atoms with Gasteiger partial charge in [0, 0.05) is 11.6 Å². The van der Waals surface area contributed by atoms with E-state index in [4.69, 9.17) is 9.47 Å². The number of methoxy groups -OCH3 is 2. The number of nitrogens with one attached hydrogen (secondary N) is 2. The first-order valence-electron chi connectivity index (χ1n) is 10.5. The van der Waals surface area contributed by atoms with E-state index in [0.29, 0.717) is 38.8 Å². The third-order valence-electron chi connectivity index (χ3n) is 5.05. The van der Waals surface area contributed by atoms with Gasteiger partial charge in [-0.2, -0.15) is 0 Å². The van der Waals surface area contributed by atoms with Crippen LogP contribution in [0.2, 0.25) is 0 Å². The zero-order chi connectivity index (χ0) is 24.8. The fraction of sp³-hybridized carbons (Fsp3) is 0.120. The first kappa shape index (κ1) is 23.8. The van der Waals surface area contributed by atoms with Crippen molar-refractivity contribution in [2.45, 2.75) is 5.16 Å². The van der Waals surface area contributed by atoms with E-state index in [1.807, 2.05) is 0 Å². The second-order valence-corrected chi connectivity index (χ2v) is 8.19. The number of carbonyl (C=O) groups is 2. The summed E-state index contributed by atoms with van der Waals surface area (Å²) in [6.07, 6.45) is 0. The number of benzene rings is 3. The Balaban J connectivity index is 1.60. The summed E-state index contributed by atoms with van der Waals surface area (Å²) in [6, 6.07) is 20.6. The highest BCUT2D eigenvalue weighted by atomic mass is 32.2. The standard InChI is InChI=1S/C25H22N4O5S/c1-33-20-13-12-17(14-21(20)34-2)29-24(32)18-10-6-7-11-19(18)26-25(29)35-15-22(30)27-28-23(31)16-8-4-3-5-9-16/h3-14H,15H2,1-2H3,(H,27,30)(H,28,31). The number of nitrogens with zero attached hydrogens (tertiary/aromatic N) is 2. The summed E-state index contributed by atoms with van der Waals surface area (Å²) in [4.78, 5) is 42.6. The molecule has 3 aromatic carbocycles. The van der Waals surface area contributed by atoms with Gasteiger partial charge in [-0.1, -0.05) is 42.1 Å². The van der Waals surface area contributed by atoms with Crippen molar-refractivity contribution in [1.82, 2.24) is 20.4 Å². The van der Waals surface area contributed by atoms with Crippen LogP contribution in [0.4, 0.5) is 0 Å². The Bertz CT molecular complexity index is 1440. The molecule has 4 aromatic rings. The fourth-order valence-corrected chi connectivity index (χ4v) is 4.17. The molecule has 9 nitrogen and oxygen atoms in total. The van der Waals surface area contributed by atoms with Crippen LogP contribution in [-0.4, -0.2) is 41.3 Å². The van der Waals surface area contributed by atoms with Gasteiger partial charge in [0.15, 0.2) is 16.7 Å². The zero-order valence-electron chi connectivity index (χ0n) is 19.0. The van der Waals surface area contributed by atoms with Crippen LogP contribution in [-0.2, 0) is 4.79 Å². The number of para-hydroxylation sites is 1. The molecule has 0 saturated carbocycles. The number of aromatic nitrogens is 2. The van der Waals surface area contributed by atoms with Crippen molar-refractivity contribution >= 4 is 34.5 Å². The molecule has 0 bridgehead atoms. The second kappa shape index (κ2) is 10.7. The lowest BCUT2D eigenvalue weighted by Crippen LogP contribution is -2.42. The van der Waals surface area contributed by atoms with Crippen LogP contribution in [0.1, 0.15) is 10.4 Å². The summed E-state index contributed by atoms with van der Waals surface area (Å²) in [5, 5.41) is 0.747. The molecule has 0 spiro atoms. The van der Waals surface area contributed by atoms with E-state index >= 15 is 0 Å². The van der Waals surface area contributed by atoms with Crippen LogP contribution >= 0.6 is 11.8 Å². The first-order chi connectivity index (χ1) is 17.0. The van der Waals surface area contributed by atoms with E-state index in [1.54, 1.807) is 72.8 Å². The molecule has 1 heterocycles. The topological polar surface area (TPSA) is 112 Å². The summed E-state index contributed by atoms with van der Waals surface area (Å²) in [6.45, 7) is 0. The molecule has 0 fully saturated rings. The van der Waals surface area contributed by atoms with E-state index in [2.05, 4.69) is 15.8 Å². The van der Waals surface area contributed by atoms with Crippen molar-refractivity contribution in [2.24, 2.45) is 0 Å². The quantitative estimate of drug-likeness (QED) is 0.233. The van der Waals surface area contributed by atoms with Crippen molar-refractivity contribution < 1.29 is 19.1 Å². The van der Waals surface area contributed by atoms with E-state index in [0.717, 1.165) is 11.8 Å². The molecule has 0 radical (unpaired) electrons. The van der Waals surface area contributed by atoms with Gasteiger partial charge in [-0.05, 0) is 36.4 Å². The highest BCUT2D eigenvalue weighted by Crippen LogP contribution is 2.30. The van der Waals surface area contributed by atoms with Gasteiger partial charge in [0.1, 0.15) is 0 Å². The van der Waals surface area contributed by atoms with Crippen LogP contribution in [0.3, 0.4) is 0 Å². The predicted octanol–water partition coefficient (Wildman–Crippen LogP) is 2.96. The normalized spacial score (nSPS) is 10.6. The van der Waals surface area contributed by atoms with Crippen molar-refractivity contribution in [3.8, 4) is 17.2 Å². The van der Waals surface area contributed by atoms with Gasteiger partial charge < -0.3 is 9.47 Å². The maximum atomic E-state index is 13.4. The lowest BCUT2D eigenvalue weighted by atomic mass is 10.2. The number of ether oxygens (including phenoxy) is 2. The van der Waals surface area contributed by atoms with E-state index in [1.165, 1.54) is 18.8 Å². The van der Waals surface area contributed by atoms with Crippen molar-refractivity contribution in [1.29, 1.82) is 0 Å². The summed E-state index contributed by atoms with van der Waals surface area (Å²) in [7, 11) is 3.03. The summed E-state index contributed by atoms with van der Waals surface area (Å²) in [5.41, 5.74) is 5.90. The molecule has 178 valence electrons. The molecule has 0 aliphatic carbocycles. The number of hydrazine groups is 1. The summed E-state index contributed by atoms with van der Waals surface area (Å²) < 4.78 is 12.1. The van der Waals surface area contributed by atoms with Crippen molar-refractivity contribution in [3.05, 3.63) is 88.7 Å². The Kier molecular flexibility index (Phi) is 7.32. The Morgan fingerprint density at radius 3 is 2.37 bits per heavy atom. The molecule has 0 unspecified atom stereocenters. The Hall–Kier alpha value is -4.31. The molecular formula is C25H22N4O5S. The molecule has 2 N–H and O–H groups in total. The van der Waals surface area contributed by atoms with Gasteiger partial charge in [0.25, 0.3) is 11.5 Å². The SMILES string of the molecule is COc1ccc(-n2c(SCC(=O)NNC(=O)c3ccccc3)nc3ccccc3c2=O)cc1OC. The smallest absolute Gasteiger partial charge is 0.269 e. The molecule has 4 rings (SSSR count). The van der Waals surface area contributed by atoms with E-state index in [-0.39, 0.29) is 11.3 Å². The number of thioether (sulfide) groups is 1. The summed E-state index contributed by atoms with van der Waals surface area (Å²) >= 11 is 1.07. The molecule has 10 heteroatoms. The minimum atomic E-state index is -0.458. The van der Waals surface area contributed by atoms with Crippen LogP contribution < -0.4 is 25.9 Å². The Morgan fingerprint density at radius 2 is 1.63 bits per heavy atom. The fourth-order valence-electron chi connectivity index (χ4n) is 3.36. The number of carbonyl (C=O) groups excluding carboxylic acids is 2. The van der Waals surface area contributed by atoms with Crippen LogP contribution in [0.5, 0.6) is 11.5 Å². The van der Waals surface area contributed by atoms with Gasteiger partial charge >= 0.3 is 0 Å². The molecule has 2 amide bonds. The highest BCUT2D eigenvalue weighted by Gasteiger charge is 2.17. The Labute approximate surface area is 205 Å². The monoisotopic (exact) mass is 490 g/mol. The number of hydrogen-bond acceptors (Lipinski definition) is 7. The highest BCUT2D eigenvalue weighted by molar-refractivity contribution is 7.99. The van der Waals surface area contributed by atoms with E-state index in [9.17, 15) is 14.4 Å². The van der Waals surface area contributed by atoms with Gasteiger partial charge in [-0.15, -0.1) is 0 Å². The molecule has 0 aliphatic heterocycles. The maximum Gasteiger partial charge on any atom is 0.269 e. The lowest BCUT2D eigenvalue weighted by molar-refractivity contribution is -0.119. The number of hydrogen-bond donors (Lipinski definition) is 2. The number of rotatable bonds is 7. The number of fused-ring (bicyclic) bond motifs is 1. The second-order valence-electron chi connectivity index (χ2n) is 7.25. The molecular weight excluding hydrogens is 468 g/mol. The third-order valence-corrected chi connectivity index (χ3v) is 5.99. The van der Waals surface area contributed by atoms with Gasteiger partial charge in [-0.25, -0.2) is 4.98 Å². The minimum Gasteiger partial charge on any atom is -0.493 e. The first-order valence-corrected chi connectivity index (χ1v) is 11.5. The zero-order valence-corrected chi connectivity index (χ0v) is 19.8. The molecule has 0 saturated heterocycles. The molecule has 35 heavy (non-hydrogen) atoms. The van der Waals surface area contributed by atoms with Crippen LogP contribution in [0.15, 0.2) is 82.7 Å². The number of amides is 2. The molecule has 0 atom stereocenters. The average Bonchev–Trinajstić information content (AvgIpc) is 2.90. The van der Waals surface area contributed by atoms with Crippen LogP contribution in [0.25, 0.3) is 16.6 Å². The van der Waals surface area contributed by atoms with Gasteiger partial charge in [0.2, 0.25) is 5.91 Å². The van der Waals surface area contributed by atoms with Crippen molar-refractivity contribution in [2.75, 3.05) is 20.0 Å². The van der Waals surface area contributed by atoms with Gasteiger partial charge in [0.05, 0.1) is 36.6 Å². The maximum absolute atomic E-state index is 13.4. The molecule has 0 aliphatic rings. The average molecular weight is 491 g/mol. The Morgan fingerprint density at radius 1 is 0.914 bits per heavy atom. The lowest BCUT2D eigenvalue weighted by Gasteiger charge is -2.15. The minimum absolute atomic E-state index is 0.0901. The summed E-state index contributed by atoms with van der Waals surface area (Å²) in [5.74, 6) is -0.0219. The third kappa shape index (κ3) is 5.28. The predicted molar refractivity (Wildman–Crippen MR) is 133 cm³/mol. The molecule has 1 aromatic heterocycles. The van der Waals surface area contributed by atoms with Gasteiger partial charge in [-0.3, -0.25) is 29.8 Å². The van der Waals surface area contributed by atoms with Crippen molar-refractivity contribution in [3.63, 3.8) is 0 Å². The largest absolute Gasteiger partial charge is 0.493 e. The van der Waals surface area contributed by atoms with Crippen LogP contribution in [0, 0.1) is 0 Å².